The zero-order valence-corrected chi connectivity index (χ0v) is 10.9. The summed E-state index contributed by atoms with van der Waals surface area (Å²) in [4.78, 5) is 11.2. The van der Waals surface area contributed by atoms with Crippen molar-refractivity contribution in [2.24, 2.45) is 0 Å². The first-order valence-electron chi connectivity index (χ1n) is 5.25. The number of hydrogen-bond donors (Lipinski definition) is 1. The Hall–Kier alpha value is -1.82. The molecule has 7 heteroatoms. The Balaban J connectivity index is 2.69. The van der Waals surface area contributed by atoms with Gasteiger partial charge in [0.2, 0.25) is 5.22 Å². The normalized spacial score (nSPS) is 11.8. The molecule has 2 aromatic rings. The Kier molecular flexibility index (Phi) is 2.90. The van der Waals surface area contributed by atoms with Gasteiger partial charge in [-0.3, -0.25) is 4.68 Å². The Bertz CT molecular complexity index is 595. The number of nitrogens with zero attached hydrogens (tertiary/aromatic N) is 3. The Morgan fingerprint density at radius 1 is 1.50 bits per heavy atom. The third-order valence-electron chi connectivity index (χ3n) is 2.36. The average molecular weight is 270 g/mol. The minimum absolute atomic E-state index is 0.0647. The van der Waals surface area contributed by atoms with Crippen LogP contribution in [0.4, 0.5) is 0 Å². The van der Waals surface area contributed by atoms with Crippen LogP contribution in [0.2, 0.25) is 5.22 Å². The molecule has 1 N–H and O–H groups in total. The quantitative estimate of drug-likeness (QED) is 0.906. The molecule has 2 heterocycles. The van der Waals surface area contributed by atoms with Crippen molar-refractivity contribution in [2.45, 2.75) is 26.3 Å². The van der Waals surface area contributed by atoms with Crippen molar-refractivity contribution in [3.63, 3.8) is 0 Å². The summed E-state index contributed by atoms with van der Waals surface area (Å²) in [6.45, 7) is 5.74. The minimum Gasteiger partial charge on any atom is -0.478 e. The second-order valence-electron chi connectivity index (χ2n) is 4.81. The lowest BCUT2D eigenvalue weighted by molar-refractivity contribution is 0.0697. The van der Waals surface area contributed by atoms with Crippen molar-refractivity contribution in [1.29, 1.82) is 0 Å². The van der Waals surface area contributed by atoms with E-state index in [1.807, 2.05) is 20.8 Å². The summed E-state index contributed by atoms with van der Waals surface area (Å²) in [5, 5.41) is 17.1. The zero-order valence-electron chi connectivity index (χ0n) is 10.1. The van der Waals surface area contributed by atoms with Crippen molar-refractivity contribution in [1.82, 2.24) is 14.9 Å². The van der Waals surface area contributed by atoms with Gasteiger partial charge in [-0.1, -0.05) is 5.16 Å². The molecule has 2 rings (SSSR count). The second kappa shape index (κ2) is 4.13. The number of halogens is 1. The number of rotatable bonds is 2. The highest BCUT2D eigenvalue weighted by atomic mass is 35.5. The summed E-state index contributed by atoms with van der Waals surface area (Å²) in [5.74, 6) is -1.07. The molecule has 0 fully saturated rings. The lowest BCUT2D eigenvalue weighted by atomic mass is 10.1. The summed E-state index contributed by atoms with van der Waals surface area (Å²) in [5.41, 5.74) is 0.416. The van der Waals surface area contributed by atoms with E-state index in [1.165, 1.54) is 12.3 Å². The lowest BCUT2D eigenvalue weighted by Gasteiger charge is -2.21. The number of carbonyl (C=O) groups is 1. The molecule has 0 radical (unpaired) electrons. The lowest BCUT2D eigenvalue weighted by Crippen LogP contribution is -2.24. The van der Waals surface area contributed by atoms with E-state index < -0.39 is 5.97 Å². The van der Waals surface area contributed by atoms with Gasteiger partial charge < -0.3 is 9.63 Å². The molecule has 0 bridgehead atoms. The van der Waals surface area contributed by atoms with Gasteiger partial charge in [-0.15, -0.1) is 0 Å². The van der Waals surface area contributed by atoms with Crippen LogP contribution >= 0.6 is 11.6 Å². The highest BCUT2D eigenvalue weighted by Crippen LogP contribution is 2.29. The van der Waals surface area contributed by atoms with Crippen LogP contribution in [0.5, 0.6) is 0 Å². The van der Waals surface area contributed by atoms with Gasteiger partial charge in [0.05, 0.1) is 11.7 Å². The van der Waals surface area contributed by atoms with Crippen LogP contribution in [0.25, 0.3) is 11.4 Å². The first-order chi connectivity index (χ1) is 8.30. The maximum atomic E-state index is 11.2. The fraction of sp³-hybridized carbons (Fsp3) is 0.364. The van der Waals surface area contributed by atoms with E-state index in [4.69, 9.17) is 21.2 Å². The standard InChI is InChI=1S/C11H12ClN3O3/c1-11(2,3)15-9(6(5-13-15)10(16)17)7-4-8(12)18-14-7/h4-5H,1-3H3,(H,16,17). The summed E-state index contributed by atoms with van der Waals surface area (Å²) in [6, 6.07) is 1.47. The number of aromatic carboxylic acids is 1. The summed E-state index contributed by atoms with van der Waals surface area (Å²) in [7, 11) is 0. The van der Waals surface area contributed by atoms with Crippen molar-refractivity contribution in [2.75, 3.05) is 0 Å². The molecule has 0 saturated carbocycles. The zero-order chi connectivity index (χ0) is 13.5. The van der Waals surface area contributed by atoms with Crippen LogP contribution in [0, 0.1) is 0 Å². The van der Waals surface area contributed by atoms with E-state index in [-0.39, 0.29) is 16.3 Å². The maximum Gasteiger partial charge on any atom is 0.339 e. The predicted molar refractivity (Wildman–Crippen MR) is 64.7 cm³/mol. The molecular weight excluding hydrogens is 258 g/mol. The van der Waals surface area contributed by atoms with Gasteiger partial charge in [-0.2, -0.15) is 5.10 Å². The van der Waals surface area contributed by atoms with Crippen molar-refractivity contribution < 1.29 is 14.4 Å². The Morgan fingerprint density at radius 2 is 2.17 bits per heavy atom. The Labute approximate surface area is 108 Å². The summed E-state index contributed by atoms with van der Waals surface area (Å²) in [6.07, 6.45) is 1.30. The number of aromatic nitrogens is 3. The van der Waals surface area contributed by atoms with Gasteiger partial charge in [0, 0.05) is 6.07 Å². The van der Waals surface area contributed by atoms with Crippen LogP contribution in [0.1, 0.15) is 31.1 Å². The van der Waals surface area contributed by atoms with Gasteiger partial charge in [-0.25, -0.2) is 4.79 Å². The summed E-state index contributed by atoms with van der Waals surface area (Å²) < 4.78 is 6.36. The second-order valence-corrected chi connectivity index (χ2v) is 5.18. The number of carboxylic acid groups (broad SMARTS) is 1. The first-order valence-corrected chi connectivity index (χ1v) is 5.63. The number of hydrogen-bond acceptors (Lipinski definition) is 4. The highest BCUT2D eigenvalue weighted by Gasteiger charge is 2.26. The fourth-order valence-electron chi connectivity index (χ4n) is 1.62. The van der Waals surface area contributed by atoms with Crippen molar-refractivity contribution >= 4 is 17.6 Å². The number of carboxylic acids is 1. The van der Waals surface area contributed by atoms with Crippen molar-refractivity contribution in [3.8, 4) is 11.4 Å². The van der Waals surface area contributed by atoms with Crippen LogP contribution in [0.3, 0.4) is 0 Å². The van der Waals surface area contributed by atoms with E-state index in [2.05, 4.69) is 10.3 Å². The third kappa shape index (κ3) is 2.11. The van der Waals surface area contributed by atoms with Gasteiger partial charge in [0.15, 0.2) is 0 Å². The van der Waals surface area contributed by atoms with Crippen LogP contribution in [0.15, 0.2) is 16.8 Å². The SMILES string of the molecule is CC(C)(C)n1ncc(C(=O)O)c1-c1cc(Cl)on1. The minimum atomic E-state index is -1.07. The molecule has 18 heavy (non-hydrogen) atoms. The van der Waals surface area contributed by atoms with Gasteiger partial charge in [0.25, 0.3) is 0 Å². The third-order valence-corrected chi connectivity index (χ3v) is 2.54. The molecule has 0 saturated heterocycles. The molecule has 0 amide bonds. The average Bonchev–Trinajstić information content (AvgIpc) is 2.80. The van der Waals surface area contributed by atoms with Gasteiger partial charge in [-0.05, 0) is 32.4 Å². The molecule has 6 nitrogen and oxygen atoms in total. The van der Waals surface area contributed by atoms with Gasteiger partial charge in [0.1, 0.15) is 17.0 Å². The highest BCUT2D eigenvalue weighted by molar-refractivity contribution is 6.29. The van der Waals surface area contributed by atoms with Crippen molar-refractivity contribution in [3.05, 3.63) is 23.0 Å². The fourth-order valence-corrected chi connectivity index (χ4v) is 1.76. The van der Waals surface area contributed by atoms with Crippen LogP contribution < -0.4 is 0 Å². The van der Waals surface area contributed by atoms with Gasteiger partial charge >= 0.3 is 5.97 Å². The molecule has 0 aliphatic heterocycles. The van der Waals surface area contributed by atoms with E-state index in [0.29, 0.717) is 11.4 Å². The largest absolute Gasteiger partial charge is 0.478 e. The molecule has 0 atom stereocenters. The molecule has 0 unspecified atom stereocenters. The maximum absolute atomic E-state index is 11.2. The predicted octanol–water partition coefficient (Wildman–Crippen LogP) is 2.64. The molecule has 2 aromatic heterocycles. The monoisotopic (exact) mass is 269 g/mol. The van der Waals surface area contributed by atoms with Crippen LogP contribution in [-0.4, -0.2) is 26.0 Å². The first kappa shape index (κ1) is 12.6. The van der Waals surface area contributed by atoms with Crippen LogP contribution in [-0.2, 0) is 5.54 Å². The molecule has 0 aromatic carbocycles. The molecule has 0 aliphatic carbocycles. The van der Waals surface area contributed by atoms with E-state index in [0.717, 1.165) is 0 Å². The molecule has 0 spiro atoms. The summed E-state index contributed by atoms with van der Waals surface area (Å²) >= 11 is 5.67. The smallest absolute Gasteiger partial charge is 0.339 e. The molecule has 96 valence electrons. The van der Waals surface area contributed by atoms with E-state index >= 15 is 0 Å². The Morgan fingerprint density at radius 3 is 2.61 bits per heavy atom. The van der Waals surface area contributed by atoms with E-state index in [1.54, 1.807) is 4.68 Å². The molecule has 0 aliphatic rings. The topological polar surface area (TPSA) is 81.2 Å². The van der Waals surface area contributed by atoms with E-state index in [9.17, 15) is 4.79 Å². The molecular formula is C11H12ClN3O3.